The average Bonchev–Trinajstić information content (AvgIpc) is 2.89. The van der Waals surface area contributed by atoms with E-state index in [2.05, 4.69) is 5.32 Å². The van der Waals surface area contributed by atoms with E-state index in [1.807, 2.05) is 19.1 Å². The second-order valence-electron chi connectivity index (χ2n) is 5.81. The summed E-state index contributed by atoms with van der Waals surface area (Å²) in [5.74, 6) is -3.63. The standard InChI is InChI=1S/C16H19N3O5/c1-9-2-4-11(5-3-9)19-8-10(6-14(19)21)15(22)18-12(16(23)24)7-13(17)20/h2-5,10,12H,6-8H2,1H3,(H2,17,20)(H,18,22)(H,23,24). The molecule has 2 atom stereocenters. The minimum atomic E-state index is -1.39. The van der Waals surface area contributed by atoms with Crippen molar-refractivity contribution < 1.29 is 24.3 Å². The highest BCUT2D eigenvalue weighted by atomic mass is 16.4. The number of nitrogens with two attached hydrogens (primary N) is 1. The fourth-order valence-electron chi connectivity index (χ4n) is 2.55. The average molecular weight is 333 g/mol. The van der Waals surface area contributed by atoms with Gasteiger partial charge in [-0.1, -0.05) is 17.7 Å². The Morgan fingerprint density at radius 2 is 1.96 bits per heavy atom. The van der Waals surface area contributed by atoms with Crippen molar-refractivity contribution in [3.8, 4) is 0 Å². The number of primary amides is 1. The van der Waals surface area contributed by atoms with Gasteiger partial charge in [-0.05, 0) is 19.1 Å². The molecule has 4 N–H and O–H groups in total. The molecule has 0 saturated carbocycles. The van der Waals surface area contributed by atoms with E-state index in [1.165, 1.54) is 4.90 Å². The lowest BCUT2D eigenvalue weighted by Crippen LogP contribution is -2.46. The van der Waals surface area contributed by atoms with Crippen LogP contribution in [0.3, 0.4) is 0 Å². The monoisotopic (exact) mass is 333 g/mol. The molecule has 8 nitrogen and oxygen atoms in total. The van der Waals surface area contributed by atoms with Crippen molar-refractivity contribution in [2.75, 3.05) is 11.4 Å². The third kappa shape index (κ3) is 4.09. The van der Waals surface area contributed by atoms with E-state index in [9.17, 15) is 19.2 Å². The maximum atomic E-state index is 12.2. The Balaban J connectivity index is 2.04. The Bertz CT molecular complexity index is 671. The van der Waals surface area contributed by atoms with E-state index in [1.54, 1.807) is 12.1 Å². The Hall–Kier alpha value is -2.90. The molecule has 2 unspecified atom stereocenters. The minimum absolute atomic E-state index is 0.0113. The number of amides is 3. The number of anilines is 1. The van der Waals surface area contributed by atoms with Crippen molar-refractivity contribution >= 4 is 29.4 Å². The van der Waals surface area contributed by atoms with E-state index in [-0.39, 0.29) is 18.9 Å². The first kappa shape index (κ1) is 17.5. The zero-order chi connectivity index (χ0) is 17.9. The van der Waals surface area contributed by atoms with Crippen molar-refractivity contribution in [1.82, 2.24) is 5.32 Å². The summed E-state index contributed by atoms with van der Waals surface area (Å²) in [4.78, 5) is 47.8. The Morgan fingerprint density at radius 1 is 1.33 bits per heavy atom. The number of hydrogen-bond acceptors (Lipinski definition) is 4. The van der Waals surface area contributed by atoms with Gasteiger partial charge >= 0.3 is 5.97 Å². The van der Waals surface area contributed by atoms with Gasteiger partial charge in [0.1, 0.15) is 6.04 Å². The summed E-state index contributed by atoms with van der Waals surface area (Å²) in [6, 6.07) is 5.92. The minimum Gasteiger partial charge on any atom is -0.480 e. The summed E-state index contributed by atoms with van der Waals surface area (Å²) >= 11 is 0. The number of hydrogen-bond donors (Lipinski definition) is 3. The maximum Gasteiger partial charge on any atom is 0.326 e. The molecule has 0 bridgehead atoms. The molecule has 1 saturated heterocycles. The van der Waals surface area contributed by atoms with E-state index in [0.717, 1.165) is 5.56 Å². The number of carboxylic acids is 1. The largest absolute Gasteiger partial charge is 0.480 e. The summed E-state index contributed by atoms with van der Waals surface area (Å²) in [5.41, 5.74) is 6.72. The fourth-order valence-corrected chi connectivity index (χ4v) is 2.55. The lowest BCUT2D eigenvalue weighted by molar-refractivity contribution is -0.143. The van der Waals surface area contributed by atoms with Crippen molar-refractivity contribution in [2.24, 2.45) is 11.7 Å². The second-order valence-corrected chi connectivity index (χ2v) is 5.81. The molecule has 1 aromatic carbocycles. The highest BCUT2D eigenvalue weighted by Gasteiger charge is 2.36. The van der Waals surface area contributed by atoms with Gasteiger partial charge in [-0.25, -0.2) is 4.79 Å². The third-order valence-corrected chi connectivity index (χ3v) is 3.86. The molecule has 8 heteroatoms. The number of carbonyl (C=O) groups is 4. The number of nitrogens with one attached hydrogen (secondary N) is 1. The molecule has 1 heterocycles. The molecular formula is C16H19N3O5. The number of nitrogens with zero attached hydrogens (tertiary/aromatic N) is 1. The van der Waals surface area contributed by atoms with E-state index >= 15 is 0 Å². The molecule has 0 spiro atoms. The Labute approximate surface area is 138 Å². The van der Waals surface area contributed by atoms with Gasteiger partial charge in [0.2, 0.25) is 17.7 Å². The van der Waals surface area contributed by atoms with E-state index in [4.69, 9.17) is 10.8 Å². The van der Waals surface area contributed by atoms with Crippen LogP contribution in [-0.4, -0.2) is 41.4 Å². The number of aliphatic carboxylic acids is 1. The van der Waals surface area contributed by atoms with Crippen LogP contribution in [0, 0.1) is 12.8 Å². The Morgan fingerprint density at radius 3 is 2.50 bits per heavy atom. The predicted molar refractivity (Wildman–Crippen MR) is 85.0 cm³/mol. The lowest BCUT2D eigenvalue weighted by Gasteiger charge is -2.18. The first-order valence-corrected chi connectivity index (χ1v) is 7.46. The zero-order valence-electron chi connectivity index (χ0n) is 13.2. The van der Waals surface area contributed by atoms with Crippen molar-refractivity contribution in [2.45, 2.75) is 25.8 Å². The van der Waals surface area contributed by atoms with E-state index in [0.29, 0.717) is 5.69 Å². The van der Waals surface area contributed by atoms with Crippen molar-refractivity contribution in [3.63, 3.8) is 0 Å². The molecule has 1 aliphatic heterocycles. The molecule has 0 aliphatic carbocycles. The van der Waals surface area contributed by atoms with Crippen molar-refractivity contribution in [3.05, 3.63) is 29.8 Å². The molecular weight excluding hydrogens is 314 g/mol. The van der Waals surface area contributed by atoms with Crippen LogP contribution in [-0.2, 0) is 19.2 Å². The zero-order valence-corrected chi connectivity index (χ0v) is 13.2. The molecule has 1 aromatic rings. The molecule has 0 radical (unpaired) electrons. The van der Waals surface area contributed by atoms with Gasteiger partial charge in [0.15, 0.2) is 0 Å². The normalized spacial score (nSPS) is 18.3. The van der Waals surface area contributed by atoms with E-state index < -0.39 is 36.2 Å². The van der Waals surface area contributed by atoms with Crippen LogP contribution in [0.15, 0.2) is 24.3 Å². The summed E-state index contributed by atoms with van der Waals surface area (Å²) in [6.45, 7) is 2.09. The quantitative estimate of drug-likeness (QED) is 0.663. The number of rotatable bonds is 6. The third-order valence-electron chi connectivity index (χ3n) is 3.86. The number of carbonyl (C=O) groups excluding carboxylic acids is 3. The molecule has 2 rings (SSSR count). The summed E-state index contributed by atoms with van der Waals surface area (Å²) in [6.07, 6.45) is -0.508. The fraction of sp³-hybridized carbons (Fsp3) is 0.375. The first-order valence-electron chi connectivity index (χ1n) is 7.46. The van der Waals surface area contributed by atoms with Gasteiger partial charge < -0.3 is 21.1 Å². The van der Waals surface area contributed by atoms with Crippen LogP contribution in [0.2, 0.25) is 0 Å². The molecule has 0 aromatic heterocycles. The number of carboxylic acid groups (broad SMARTS) is 1. The van der Waals surface area contributed by atoms with Crippen LogP contribution < -0.4 is 16.0 Å². The van der Waals surface area contributed by atoms with Gasteiger partial charge in [0.25, 0.3) is 0 Å². The van der Waals surface area contributed by atoms with Gasteiger partial charge in [-0.15, -0.1) is 0 Å². The maximum absolute atomic E-state index is 12.2. The van der Waals surface area contributed by atoms with Gasteiger partial charge in [-0.2, -0.15) is 0 Å². The van der Waals surface area contributed by atoms with Gasteiger partial charge in [0, 0.05) is 18.7 Å². The van der Waals surface area contributed by atoms with Gasteiger partial charge in [-0.3, -0.25) is 14.4 Å². The van der Waals surface area contributed by atoms with Crippen LogP contribution in [0.25, 0.3) is 0 Å². The number of benzene rings is 1. The molecule has 1 fully saturated rings. The number of aryl methyl sites for hydroxylation is 1. The highest BCUT2D eigenvalue weighted by Crippen LogP contribution is 2.25. The summed E-state index contributed by atoms with van der Waals surface area (Å²) in [7, 11) is 0. The predicted octanol–water partition coefficient (Wildman–Crippen LogP) is -0.207. The van der Waals surface area contributed by atoms with Crippen LogP contribution >= 0.6 is 0 Å². The summed E-state index contributed by atoms with van der Waals surface area (Å²) < 4.78 is 0. The highest BCUT2D eigenvalue weighted by molar-refractivity contribution is 6.01. The topological polar surface area (TPSA) is 130 Å². The molecule has 1 aliphatic rings. The van der Waals surface area contributed by atoms with Gasteiger partial charge in [0.05, 0.1) is 12.3 Å². The van der Waals surface area contributed by atoms with Crippen molar-refractivity contribution in [1.29, 1.82) is 0 Å². The van der Waals surface area contributed by atoms with Crippen LogP contribution in [0.5, 0.6) is 0 Å². The summed E-state index contributed by atoms with van der Waals surface area (Å²) in [5, 5.41) is 11.3. The molecule has 128 valence electrons. The SMILES string of the molecule is Cc1ccc(N2CC(C(=O)NC(CC(N)=O)C(=O)O)CC2=O)cc1. The van der Waals surface area contributed by atoms with Crippen LogP contribution in [0.1, 0.15) is 18.4 Å². The second kappa shape index (κ2) is 7.12. The molecule has 3 amide bonds. The lowest BCUT2D eigenvalue weighted by atomic mass is 10.1. The smallest absolute Gasteiger partial charge is 0.326 e. The Kier molecular flexibility index (Phi) is 5.18. The van der Waals surface area contributed by atoms with Crippen LogP contribution in [0.4, 0.5) is 5.69 Å². The first-order chi connectivity index (χ1) is 11.3. The molecule has 24 heavy (non-hydrogen) atoms.